The summed E-state index contributed by atoms with van der Waals surface area (Å²) in [4.78, 5) is 41.6. The molecule has 1 atom stereocenters. The molecule has 4 N–H and O–H groups in total. The molecule has 0 unspecified atom stereocenters. The highest BCUT2D eigenvalue weighted by Crippen LogP contribution is 2.32. The number of likely N-dealkylation sites (N-methyl/N-ethyl adjacent to an activating group) is 1. The maximum absolute atomic E-state index is 12.4. The van der Waals surface area contributed by atoms with E-state index in [9.17, 15) is 19.5 Å². The van der Waals surface area contributed by atoms with Gasteiger partial charge in [-0.1, -0.05) is 0 Å². The van der Waals surface area contributed by atoms with E-state index in [2.05, 4.69) is 5.48 Å². The first-order valence-corrected chi connectivity index (χ1v) is 7.73. The van der Waals surface area contributed by atoms with Gasteiger partial charge in [0, 0.05) is 12.6 Å². The van der Waals surface area contributed by atoms with Crippen LogP contribution in [0.1, 0.15) is 24.2 Å². The number of carbonyl (C=O) groups is 3. The molecule has 1 aromatic carbocycles. The number of hydrogen-bond donors (Lipinski definition) is 3. The van der Waals surface area contributed by atoms with E-state index in [0.29, 0.717) is 11.4 Å². The van der Waals surface area contributed by atoms with Gasteiger partial charge >= 0.3 is 6.09 Å². The lowest BCUT2D eigenvalue weighted by atomic mass is 10.1. The molecule has 0 aliphatic carbocycles. The van der Waals surface area contributed by atoms with Crippen LogP contribution in [0.3, 0.4) is 0 Å². The van der Waals surface area contributed by atoms with Crippen molar-refractivity contribution >= 4 is 23.6 Å². The molecule has 0 aromatic heterocycles. The minimum Gasteiger partial charge on any atom is -0.487 e. The lowest BCUT2D eigenvalue weighted by molar-refractivity contribution is -0.127. The normalized spacial score (nSPS) is 17.0. The molecule has 0 radical (unpaired) electrons. The number of anilines is 1. The van der Waals surface area contributed by atoms with Crippen molar-refractivity contribution in [3.05, 3.63) is 23.8 Å². The minimum atomic E-state index is -1.18. The lowest BCUT2D eigenvalue weighted by Gasteiger charge is -2.20. The molecule has 0 saturated heterocycles. The molecule has 0 spiro atoms. The third-order valence-corrected chi connectivity index (χ3v) is 3.43. The predicted octanol–water partition coefficient (Wildman–Crippen LogP) is -0.0620. The molecule has 26 heavy (non-hydrogen) atoms. The summed E-state index contributed by atoms with van der Waals surface area (Å²) in [7, 11) is 1.46. The first-order chi connectivity index (χ1) is 12.1. The standard InChI is InChI=1S/C16H21N3O7/c1-16(2,23)8-25-18-13(20)9-4-5-11-10(6-9)19(3)14(21)12(7-24-11)26-15(17)22/h4-6,12,23H,7-8H2,1-3H3,(H2,17,22)(H,18,20)/t12-/m0/s1. The van der Waals surface area contributed by atoms with Crippen LogP contribution in [-0.4, -0.2) is 55.0 Å². The molecule has 1 aromatic rings. The van der Waals surface area contributed by atoms with E-state index in [4.69, 9.17) is 20.0 Å². The molecule has 0 fully saturated rings. The molecule has 1 aliphatic heterocycles. The van der Waals surface area contributed by atoms with Gasteiger partial charge in [0.1, 0.15) is 19.0 Å². The Balaban J connectivity index is 2.15. The van der Waals surface area contributed by atoms with Gasteiger partial charge in [0.15, 0.2) is 0 Å². The summed E-state index contributed by atoms with van der Waals surface area (Å²) < 4.78 is 10.2. The molecule has 2 rings (SSSR count). The van der Waals surface area contributed by atoms with Gasteiger partial charge in [0.05, 0.1) is 11.3 Å². The molecule has 142 valence electrons. The smallest absolute Gasteiger partial charge is 0.405 e. The van der Waals surface area contributed by atoms with Gasteiger partial charge in [-0.3, -0.25) is 14.4 Å². The summed E-state index contributed by atoms with van der Waals surface area (Å²) in [5.41, 5.74) is 6.59. The van der Waals surface area contributed by atoms with Crippen LogP contribution in [-0.2, 0) is 14.4 Å². The lowest BCUT2D eigenvalue weighted by Crippen LogP contribution is -2.41. The van der Waals surface area contributed by atoms with Crippen molar-refractivity contribution < 1.29 is 33.8 Å². The average Bonchev–Trinajstić information content (AvgIpc) is 2.65. The number of hydrogen-bond acceptors (Lipinski definition) is 7. The van der Waals surface area contributed by atoms with E-state index in [1.54, 1.807) is 0 Å². The molecule has 10 heteroatoms. The second-order valence-electron chi connectivity index (χ2n) is 6.35. The number of nitrogens with two attached hydrogens (primary N) is 1. The van der Waals surface area contributed by atoms with E-state index in [1.807, 2.05) is 0 Å². The van der Waals surface area contributed by atoms with E-state index < -0.39 is 29.6 Å². The molecular weight excluding hydrogens is 346 g/mol. The fourth-order valence-electron chi connectivity index (χ4n) is 2.18. The Bertz CT molecular complexity index is 714. The Morgan fingerprint density at radius 3 is 2.77 bits per heavy atom. The fourth-order valence-corrected chi connectivity index (χ4v) is 2.18. The molecular formula is C16H21N3O7. The Labute approximate surface area is 149 Å². The van der Waals surface area contributed by atoms with Crippen LogP contribution in [0.5, 0.6) is 5.75 Å². The molecule has 3 amide bonds. The van der Waals surface area contributed by atoms with Crippen LogP contribution in [0, 0.1) is 0 Å². The van der Waals surface area contributed by atoms with Crippen molar-refractivity contribution in [3.63, 3.8) is 0 Å². The summed E-state index contributed by atoms with van der Waals surface area (Å²) in [5, 5.41) is 9.56. The Kier molecular flexibility index (Phi) is 5.68. The number of nitrogens with one attached hydrogen (secondary N) is 1. The first-order valence-electron chi connectivity index (χ1n) is 7.73. The highest BCUT2D eigenvalue weighted by molar-refractivity contribution is 6.01. The van der Waals surface area contributed by atoms with Gasteiger partial charge in [0.2, 0.25) is 6.10 Å². The largest absolute Gasteiger partial charge is 0.487 e. The number of fused-ring (bicyclic) bond motifs is 1. The second kappa shape index (κ2) is 7.58. The number of aliphatic hydroxyl groups is 1. The monoisotopic (exact) mass is 367 g/mol. The summed E-state index contributed by atoms with van der Waals surface area (Å²) in [5.74, 6) is -0.768. The Morgan fingerprint density at radius 2 is 2.15 bits per heavy atom. The van der Waals surface area contributed by atoms with Crippen LogP contribution < -0.4 is 20.9 Å². The molecule has 0 bridgehead atoms. The molecule has 0 saturated carbocycles. The van der Waals surface area contributed by atoms with Gasteiger partial charge in [-0.05, 0) is 32.0 Å². The highest BCUT2D eigenvalue weighted by atomic mass is 16.7. The van der Waals surface area contributed by atoms with E-state index in [0.717, 1.165) is 0 Å². The van der Waals surface area contributed by atoms with Crippen molar-refractivity contribution in [1.82, 2.24) is 5.48 Å². The van der Waals surface area contributed by atoms with Crippen LogP contribution in [0.2, 0.25) is 0 Å². The Hall–Kier alpha value is -2.85. The summed E-state index contributed by atoms with van der Waals surface area (Å²) in [6.07, 6.45) is -2.27. The number of hydroxylamine groups is 1. The van der Waals surface area contributed by atoms with Gasteiger partial charge in [-0.15, -0.1) is 0 Å². The summed E-state index contributed by atoms with van der Waals surface area (Å²) >= 11 is 0. The number of primary amides is 1. The molecule has 10 nitrogen and oxygen atoms in total. The van der Waals surface area contributed by atoms with Crippen LogP contribution >= 0.6 is 0 Å². The second-order valence-corrected chi connectivity index (χ2v) is 6.35. The minimum absolute atomic E-state index is 0.0999. The fraction of sp³-hybridized carbons (Fsp3) is 0.438. The van der Waals surface area contributed by atoms with Crippen LogP contribution in [0.15, 0.2) is 18.2 Å². The number of amides is 3. The third kappa shape index (κ3) is 4.83. The van der Waals surface area contributed by atoms with Gasteiger partial charge in [0.25, 0.3) is 11.8 Å². The van der Waals surface area contributed by atoms with E-state index in [1.165, 1.54) is 44.0 Å². The number of rotatable bonds is 5. The average molecular weight is 367 g/mol. The van der Waals surface area contributed by atoms with Crippen molar-refractivity contribution in [2.75, 3.05) is 25.2 Å². The van der Waals surface area contributed by atoms with Gasteiger partial charge in [-0.25, -0.2) is 10.3 Å². The topological polar surface area (TPSA) is 140 Å². The number of carbonyl (C=O) groups excluding carboxylic acids is 3. The van der Waals surface area contributed by atoms with Crippen molar-refractivity contribution in [2.24, 2.45) is 5.73 Å². The molecule has 1 heterocycles. The van der Waals surface area contributed by atoms with Crippen LogP contribution in [0.25, 0.3) is 0 Å². The SMILES string of the molecule is CN1C(=O)[C@@H](OC(N)=O)COc2ccc(C(=O)NOCC(C)(C)O)cc21. The van der Waals surface area contributed by atoms with E-state index >= 15 is 0 Å². The number of benzene rings is 1. The molecule has 1 aliphatic rings. The quantitative estimate of drug-likeness (QED) is 0.619. The van der Waals surface area contributed by atoms with Gasteiger partial charge < -0.3 is 25.2 Å². The van der Waals surface area contributed by atoms with Gasteiger partial charge in [-0.2, -0.15) is 0 Å². The van der Waals surface area contributed by atoms with E-state index in [-0.39, 0.29) is 18.8 Å². The number of ether oxygens (including phenoxy) is 2. The summed E-state index contributed by atoms with van der Waals surface area (Å²) in [6, 6.07) is 4.43. The Morgan fingerprint density at radius 1 is 1.46 bits per heavy atom. The maximum atomic E-state index is 12.4. The first kappa shape index (κ1) is 19.5. The predicted molar refractivity (Wildman–Crippen MR) is 89.5 cm³/mol. The zero-order valence-electron chi connectivity index (χ0n) is 14.6. The zero-order chi connectivity index (χ0) is 19.5. The summed E-state index contributed by atoms with van der Waals surface area (Å²) in [6.45, 7) is 2.77. The highest BCUT2D eigenvalue weighted by Gasteiger charge is 2.32. The number of nitrogens with zero attached hydrogens (tertiary/aromatic N) is 1. The maximum Gasteiger partial charge on any atom is 0.405 e. The zero-order valence-corrected chi connectivity index (χ0v) is 14.6. The van der Waals surface area contributed by atoms with Crippen LogP contribution in [0.4, 0.5) is 10.5 Å². The third-order valence-electron chi connectivity index (χ3n) is 3.43. The van der Waals surface area contributed by atoms with Crippen molar-refractivity contribution in [2.45, 2.75) is 25.6 Å². The van der Waals surface area contributed by atoms with Crippen molar-refractivity contribution in [3.8, 4) is 5.75 Å². The van der Waals surface area contributed by atoms with Crippen molar-refractivity contribution in [1.29, 1.82) is 0 Å².